The van der Waals surface area contributed by atoms with Gasteiger partial charge in [-0.2, -0.15) is 0 Å². The minimum atomic E-state index is -0.809. The van der Waals surface area contributed by atoms with Crippen molar-refractivity contribution >= 4 is 11.9 Å². The minimum absolute atomic E-state index is 0.252. The van der Waals surface area contributed by atoms with Crippen LogP contribution in [0.2, 0.25) is 0 Å². The number of carbonyl (C=O) groups is 2. The van der Waals surface area contributed by atoms with Gasteiger partial charge in [0.1, 0.15) is 17.1 Å². The molecule has 183 valence electrons. The van der Waals surface area contributed by atoms with Gasteiger partial charge in [-0.25, -0.2) is 9.59 Å². The summed E-state index contributed by atoms with van der Waals surface area (Å²) >= 11 is 0. The summed E-state index contributed by atoms with van der Waals surface area (Å²) in [6.45, 7) is 5.70. The summed E-state index contributed by atoms with van der Waals surface area (Å²) < 4.78 is 16.8. The molecule has 1 radical (unpaired) electrons. The lowest BCUT2D eigenvalue weighted by atomic mass is 10.1. The summed E-state index contributed by atoms with van der Waals surface area (Å²) in [6.07, 6.45) is 12.9. The Kier molecular flexibility index (Phi) is 13.2. The van der Waals surface area contributed by atoms with Crippen molar-refractivity contribution in [3.05, 3.63) is 72.8 Å². The van der Waals surface area contributed by atoms with E-state index < -0.39 is 18.2 Å². The zero-order chi connectivity index (χ0) is 24.4. The lowest BCUT2D eigenvalue weighted by Gasteiger charge is -2.20. The van der Waals surface area contributed by atoms with E-state index in [-0.39, 0.29) is 5.56 Å². The molecule has 2 aromatic carbocycles. The molecule has 0 saturated carbocycles. The van der Waals surface area contributed by atoms with Crippen LogP contribution in [0, 0.1) is 6.07 Å². The zero-order valence-corrected chi connectivity index (χ0v) is 20.3. The first-order valence-electron chi connectivity index (χ1n) is 12.4. The molecule has 0 aromatic heterocycles. The predicted octanol–water partition coefficient (Wildman–Crippen LogP) is 7.45. The van der Waals surface area contributed by atoms with Crippen molar-refractivity contribution in [2.75, 3.05) is 0 Å². The summed E-state index contributed by atoms with van der Waals surface area (Å²) in [6, 6.07) is 16.5. The highest BCUT2D eigenvalue weighted by Crippen LogP contribution is 2.24. The molecule has 2 aromatic rings. The number of benzene rings is 2. The topological polar surface area (TPSA) is 61.8 Å². The molecule has 0 amide bonds. The van der Waals surface area contributed by atoms with Crippen LogP contribution in [0.5, 0.6) is 11.5 Å². The lowest BCUT2D eigenvalue weighted by molar-refractivity contribution is -0.158. The van der Waals surface area contributed by atoms with Crippen LogP contribution in [0.1, 0.15) is 87.9 Å². The van der Waals surface area contributed by atoms with E-state index in [1.54, 1.807) is 48.5 Å². The van der Waals surface area contributed by atoms with Gasteiger partial charge >= 0.3 is 11.9 Å². The molecule has 1 atom stereocenters. The second kappa shape index (κ2) is 16.5. The fraction of sp³-hybridized carbons (Fsp3) is 0.448. The van der Waals surface area contributed by atoms with E-state index in [4.69, 9.17) is 14.2 Å². The van der Waals surface area contributed by atoms with E-state index in [1.807, 2.05) is 0 Å². The summed E-state index contributed by atoms with van der Waals surface area (Å²) in [5.41, 5.74) is 0.252. The Hall–Kier alpha value is -3.08. The van der Waals surface area contributed by atoms with Crippen molar-refractivity contribution in [3.63, 3.8) is 0 Å². The van der Waals surface area contributed by atoms with Crippen LogP contribution in [0.4, 0.5) is 0 Å². The molecule has 1 unspecified atom stereocenters. The van der Waals surface area contributed by atoms with E-state index in [2.05, 4.69) is 19.6 Å². The monoisotopic (exact) mass is 465 g/mol. The van der Waals surface area contributed by atoms with Gasteiger partial charge in [-0.15, -0.1) is 0 Å². The highest BCUT2D eigenvalue weighted by Gasteiger charge is 2.20. The van der Waals surface area contributed by atoms with Gasteiger partial charge in [0.25, 0.3) is 0 Å². The number of ether oxygens (including phenoxy) is 3. The van der Waals surface area contributed by atoms with Crippen LogP contribution >= 0.6 is 0 Å². The Morgan fingerprint density at radius 1 is 0.912 bits per heavy atom. The second-order valence-electron chi connectivity index (χ2n) is 8.27. The molecule has 5 nitrogen and oxygen atoms in total. The highest BCUT2D eigenvalue weighted by molar-refractivity contribution is 5.94. The van der Waals surface area contributed by atoms with Crippen LogP contribution in [-0.4, -0.2) is 18.2 Å². The standard InChI is InChI=1S/C29H37O5/c1-3-5-6-7-8-9-10-11-12-16-23-28(34-27(30)4-2)33-26-22-18-17-21-25(26)29(31)32-24-19-14-13-15-20-24/h4,13-15,17-19,21-22,28H,2-3,5-12,16,23H2,1H3. The van der Waals surface area contributed by atoms with E-state index in [9.17, 15) is 9.59 Å². The number of unbranched alkanes of at least 4 members (excludes halogenated alkanes) is 9. The van der Waals surface area contributed by atoms with Gasteiger partial charge in [-0.1, -0.05) is 102 Å². The number of rotatable bonds is 17. The number of hydrogen-bond acceptors (Lipinski definition) is 5. The van der Waals surface area contributed by atoms with Crippen molar-refractivity contribution < 1.29 is 23.8 Å². The van der Waals surface area contributed by atoms with E-state index in [0.717, 1.165) is 25.3 Å². The second-order valence-corrected chi connectivity index (χ2v) is 8.27. The SMILES string of the molecule is C=CC(=O)OC(CCCCCCCCCCCC)Oc1ccccc1C(=O)Oc1[c]cccc1. The Morgan fingerprint density at radius 3 is 2.21 bits per heavy atom. The van der Waals surface area contributed by atoms with Crippen molar-refractivity contribution in [2.24, 2.45) is 0 Å². The van der Waals surface area contributed by atoms with Crippen molar-refractivity contribution in [1.29, 1.82) is 0 Å². The fourth-order valence-corrected chi connectivity index (χ4v) is 3.59. The van der Waals surface area contributed by atoms with Crippen molar-refractivity contribution in [2.45, 2.75) is 83.8 Å². The maximum Gasteiger partial charge on any atom is 0.347 e. The predicted molar refractivity (Wildman–Crippen MR) is 134 cm³/mol. The molecule has 34 heavy (non-hydrogen) atoms. The average molecular weight is 466 g/mol. The Morgan fingerprint density at radius 2 is 1.56 bits per heavy atom. The maximum atomic E-state index is 12.7. The minimum Gasteiger partial charge on any atom is -0.454 e. The molecule has 0 fully saturated rings. The van der Waals surface area contributed by atoms with Crippen LogP contribution in [0.15, 0.2) is 61.2 Å². The largest absolute Gasteiger partial charge is 0.454 e. The first-order chi connectivity index (χ1) is 16.6. The van der Waals surface area contributed by atoms with Gasteiger partial charge in [0.05, 0.1) is 0 Å². The van der Waals surface area contributed by atoms with Crippen LogP contribution < -0.4 is 9.47 Å². The van der Waals surface area contributed by atoms with Crippen LogP contribution in [0.25, 0.3) is 0 Å². The molecule has 0 bridgehead atoms. The maximum absolute atomic E-state index is 12.7. The first-order valence-corrected chi connectivity index (χ1v) is 12.4. The van der Waals surface area contributed by atoms with Crippen molar-refractivity contribution in [1.82, 2.24) is 0 Å². The van der Waals surface area contributed by atoms with Gasteiger partial charge < -0.3 is 14.2 Å². The third-order valence-electron chi connectivity index (χ3n) is 5.46. The molecule has 0 aliphatic rings. The number of carbonyl (C=O) groups excluding carboxylic acids is 2. The summed E-state index contributed by atoms with van der Waals surface area (Å²) in [4.78, 5) is 24.5. The van der Waals surface area contributed by atoms with Gasteiger partial charge in [0.2, 0.25) is 6.29 Å². The van der Waals surface area contributed by atoms with Gasteiger partial charge in [0, 0.05) is 18.6 Å². The quantitative estimate of drug-likeness (QED) is 0.0798. The molecular formula is C29H37O5. The number of para-hydroxylation sites is 2. The normalized spacial score (nSPS) is 11.4. The lowest BCUT2D eigenvalue weighted by Crippen LogP contribution is -2.24. The third-order valence-corrected chi connectivity index (χ3v) is 5.46. The van der Waals surface area contributed by atoms with E-state index >= 15 is 0 Å². The fourth-order valence-electron chi connectivity index (χ4n) is 3.59. The Labute approximate surface area is 204 Å². The Balaban J connectivity index is 1.87. The molecule has 2 rings (SSSR count). The molecule has 0 saturated heterocycles. The highest BCUT2D eigenvalue weighted by atomic mass is 16.7. The third kappa shape index (κ3) is 10.7. The molecular weight excluding hydrogens is 428 g/mol. The number of esters is 2. The molecule has 0 N–H and O–H groups in total. The van der Waals surface area contributed by atoms with Crippen molar-refractivity contribution in [3.8, 4) is 11.5 Å². The van der Waals surface area contributed by atoms with Gasteiger partial charge in [0.15, 0.2) is 0 Å². The molecule has 0 aliphatic carbocycles. The Bertz CT molecular complexity index is 862. The van der Waals surface area contributed by atoms with Crippen LogP contribution in [-0.2, 0) is 9.53 Å². The smallest absolute Gasteiger partial charge is 0.347 e. The average Bonchev–Trinajstić information content (AvgIpc) is 2.85. The van der Waals surface area contributed by atoms with Gasteiger partial charge in [-0.3, -0.25) is 0 Å². The summed E-state index contributed by atoms with van der Waals surface area (Å²) in [5.74, 6) is -0.499. The zero-order valence-electron chi connectivity index (χ0n) is 20.3. The van der Waals surface area contributed by atoms with E-state index in [1.165, 1.54) is 44.9 Å². The summed E-state index contributed by atoms with van der Waals surface area (Å²) in [5, 5.41) is 0. The first kappa shape index (κ1) is 27.2. The summed E-state index contributed by atoms with van der Waals surface area (Å²) in [7, 11) is 0. The molecule has 0 heterocycles. The molecule has 0 spiro atoms. The van der Waals surface area contributed by atoms with Gasteiger partial charge in [-0.05, 0) is 24.6 Å². The number of hydrogen-bond donors (Lipinski definition) is 0. The molecule has 5 heteroatoms. The van der Waals surface area contributed by atoms with Crippen LogP contribution in [0.3, 0.4) is 0 Å². The van der Waals surface area contributed by atoms with E-state index in [0.29, 0.717) is 17.9 Å². The molecule has 0 aliphatic heterocycles.